The standard InChI is InChI=1S/C37H47ClN6O8S/c1-53(49,50)42-29(14-11-24-15-17-39-18-16-24)37(48)44-21-27(51-23-25-9-12-26(38)13-10-25)20-31(44)35(47)40-30(22-43-19-5-4-8-33(43)45)34(46)36-41-28-6-2-3-7-32(28)52-36/h2-3,6-7,9-10,12-13,24,27,29-31,39,42H,4-5,8,11,14-23H2,1H3,(H,40,47)/t27-,29-,30+,31+/m1/s1. The van der Waals surface area contributed by atoms with Gasteiger partial charge in [-0.2, -0.15) is 0 Å². The van der Waals surface area contributed by atoms with Gasteiger partial charge in [0.25, 0.3) is 5.89 Å². The molecule has 2 aromatic carbocycles. The molecule has 0 radical (unpaired) electrons. The van der Waals surface area contributed by atoms with Gasteiger partial charge >= 0.3 is 0 Å². The quantitative estimate of drug-likeness (QED) is 0.195. The van der Waals surface area contributed by atoms with Crippen LogP contribution in [0.25, 0.3) is 11.1 Å². The third-order valence-corrected chi connectivity index (χ3v) is 11.2. The molecule has 3 fully saturated rings. The highest BCUT2D eigenvalue weighted by Gasteiger charge is 2.44. The summed E-state index contributed by atoms with van der Waals surface area (Å²) in [6.07, 6.45) is 5.08. The summed E-state index contributed by atoms with van der Waals surface area (Å²) < 4.78 is 39.5. The zero-order valence-corrected chi connectivity index (χ0v) is 31.4. The minimum absolute atomic E-state index is 0.0220. The number of nitrogens with zero attached hydrogens (tertiary/aromatic N) is 3. The highest BCUT2D eigenvalue weighted by atomic mass is 35.5. The van der Waals surface area contributed by atoms with Gasteiger partial charge < -0.3 is 29.6 Å². The Kier molecular flexibility index (Phi) is 12.8. The van der Waals surface area contributed by atoms with Gasteiger partial charge in [0.05, 0.1) is 19.0 Å². The van der Waals surface area contributed by atoms with E-state index in [4.69, 9.17) is 20.8 Å². The number of ketones is 1. The van der Waals surface area contributed by atoms with E-state index >= 15 is 0 Å². The first-order chi connectivity index (χ1) is 25.4. The second-order valence-corrected chi connectivity index (χ2v) is 16.4. The van der Waals surface area contributed by atoms with Crippen LogP contribution < -0.4 is 15.4 Å². The zero-order chi connectivity index (χ0) is 37.5. The molecule has 3 aliphatic heterocycles. The third-order valence-electron chi connectivity index (χ3n) is 10.2. The Labute approximate surface area is 314 Å². The Morgan fingerprint density at radius 2 is 1.83 bits per heavy atom. The molecule has 16 heteroatoms. The van der Waals surface area contributed by atoms with Crippen LogP contribution in [-0.4, -0.2) is 110 Å². The number of benzene rings is 2. The van der Waals surface area contributed by atoms with Gasteiger partial charge in [-0.3, -0.25) is 19.2 Å². The summed E-state index contributed by atoms with van der Waals surface area (Å²) in [5, 5.41) is 6.73. The Morgan fingerprint density at radius 3 is 2.55 bits per heavy atom. The highest BCUT2D eigenvalue weighted by Crippen LogP contribution is 2.27. The number of nitrogens with one attached hydrogen (secondary N) is 3. The average molecular weight is 771 g/mol. The molecule has 1 aromatic heterocycles. The van der Waals surface area contributed by atoms with E-state index in [1.807, 2.05) is 12.1 Å². The summed E-state index contributed by atoms with van der Waals surface area (Å²) in [6.45, 7) is 2.25. The summed E-state index contributed by atoms with van der Waals surface area (Å²) in [6, 6.07) is 10.6. The summed E-state index contributed by atoms with van der Waals surface area (Å²) in [5.74, 6) is -1.80. The van der Waals surface area contributed by atoms with E-state index in [1.54, 1.807) is 41.3 Å². The predicted octanol–water partition coefficient (Wildman–Crippen LogP) is 3.05. The Morgan fingerprint density at radius 1 is 1.08 bits per heavy atom. The number of hydrogen-bond donors (Lipinski definition) is 3. The Bertz CT molecular complexity index is 1850. The van der Waals surface area contributed by atoms with Gasteiger partial charge in [0.1, 0.15) is 23.6 Å². The fraction of sp³-hybridized carbons (Fsp3) is 0.541. The van der Waals surface area contributed by atoms with E-state index in [0.717, 1.165) is 50.6 Å². The lowest BCUT2D eigenvalue weighted by Crippen LogP contribution is -2.57. The molecule has 3 aromatic rings. The number of amides is 3. The van der Waals surface area contributed by atoms with Crippen molar-refractivity contribution in [3.8, 4) is 0 Å². The molecule has 4 atom stereocenters. The number of para-hydroxylation sites is 2. The number of hydrogen-bond acceptors (Lipinski definition) is 10. The molecule has 286 valence electrons. The first kappa shape index (κ1) is 38.8. The lowest BCUT2D eigenvalue weighted by molar-refractivity contribution is -0.140. The van der Waals surface area contributed by atoms with Crippen LogP contribution in [0.4, 0.5) is 0 Å². The van der Waals surface area contributed by atoms with Gasteiger partial charge in [0, 0.05) is 37.5 Å². The van der Waals surface area contributed by atoms with Gasteiger partial charge in [-0.1, -0.05) is 35.9 Å². The predicted molar refractivity (Wildman–Crippen MR) is 197 cm³/mol. The van der Waals surface area contributed by atoms with E-state index in [0.29, 0.717) is 41.4 Å². The van der Waals surface area contributed by atoms with Crippen molar-refractivity contribution in [2.24, 2.45) is 5.92 Å². The number of sulfonamides is 1. The van der Waals surface area contributed by atoms with E-state index in [-0.39, 0.29) is 44.3 Å². The molecule has 0 saturated carbocycles. The first-order valence-corrected chi connectivity index (χ1v) is 20.5. The minimum atomic E-state index is -3.80. The summed E-state index contributed by atoms with van der Waals surface area (Å²) in [7, 11) is -3.80. The van der Waals surface area contributed by atoms with E-state index in [9.17, 15) is 27.6 Å². The van der Waals surface area contributed by atoms with Crippen molar-refractivity contribution in [2.75, 3.05) is 39.0 Å². The molecule has 6 rings (SSSR count). The van der Waals surface area contributed by atoms with Crippen molar-refractivity contribution in [3.05, 3.63) is 65.0 Å². The van der Waals surface area contributed by atoms with Crippen LogP contribution in [0.3, 0.4) is 0 Å². The molecular formula is C37H47ClN6O8S. The number of oxazole rings is 1. The van der Waals surface area contributed by atoms with Crippen LogP contribution in [0.1, 0.15) is 67.6 Å². The summed E-state index contributed by atoms with van der Waals surface area (Å²) >= 11 is 6.05. The van der Waals surface area contributed by atoms with Crippen LogP contribution in [-0.2, 0) is 35.8 Å². The number of Topliss-reactive ketones (excluding diaryl/α,β-unsaturated/α-hetero) is 1. The van der Waals surface area contributed by atoms with Crippen molar-refractivity contribution >= 4 is 56.2 Å². The second-order valence-electron chi connectivity index (χ2n) is 14.2. The van der Waals surface area contributed by atoms with Crippen molar-refractivity contribution in [2.45, 2.75) is 82.2 Å². The monoisotopic (exact) mass is 770 g/mol. The van der Waals surface area contributed by atoms with Crippen LogP contribution in [0.2, 0.25) is 5.02 Å². The molecule has 4 heterocycles. The SMILES string of the molecule is CS(=O)(=O)N[C@H](CCC1CCNCC1)C(=O)N1C[C@H](OCc2ccc(Cl)cc2)C[C@H]1C(=O)N[C@@H](CN1CCCCC1=O)C(=O)c1nc2ccccc2o1. The molecule has 3 saturated heterocycles. The first-order valence-electron chi connectivity index (χ1n) is 18.3. The lowest BCUT2D eigenvalue weighted by atomic mass is 9.91. The maximum atomic E-state index is 14.4. The maximum absolute atomic E-state index is 14.4. The molecule has 0 spiro atoms. The topological polar surface area (TPSA) is 180 Å². The number of piperidine rings is 2. The number of fused-ring (bicyclic) bond motifs is 1. The molecule has 3 N–H and O–H groups in total. The number of aromatic nitrogens is 1. The fourth-order valence-corrected chi connectivity index (χ4v) is 8.19. The molecule has 0 bridgehead atoms. The largest absolute Gasteiger partial charge is 0.434 e. The number of carbonyl (C=O) groups is 4. The number of ether oxygens (including phenoxy) is 1. The van der Waals surface area contributed by atoms with Crippen molar-refractivity contribution in [1.82, 2.24) is 30.1 Å². The van der Waals surface area contributed by atoms with Gasteiger partial charge in [-0.25, -0.2) is 18.1 Å². The summed E-state index contributed by atoms with van der Waals surface area (Å²) in [4.78, 5) is 62.8. The van der Waals surface area contributed by atoms with Crippen LogP contribution in [0.15, 0.2) is 52.9 Å². The van der Waals surface area contributed by atoms with E-state index in [2.05, 4.69) is 20.3 Å². The Balaban J connectivity index is 1.25. The maximum Gasteiger partial charge on any atom is 0.266 e. The number of halogens is 1. The molecule has 3 aliphatic rings. The number of likely N-dealkylation sites (tertiary alicyclic amines) is 2. The lowest BCUT2D eigenvalue weighted by Gasteiger charge is -2.32. The normalized spacial score (nSPS) is 21.1. The number of carbonyl (C=O) groups excluding carboxylic acids is 4. The summed E-state index contributed by atoms with van der Waals surface area (Å²) in [5.41, 5.74) is 1.71. The van der Waals surface area contributed by atoms with Crippen molar-refractivity contribution < 1.29 is 36.7 Å². The number of rotatable bonds is 15. The highest BCUT2D eigenvalue weighted by molar-refractivity contribution is 7.88. The minimum Gasteiger partial charge on any atom is -0.434 e. The van der Waals surface area contributed by atoms with E-state index < -0.39 is 51.9 Å². The van der Waals surface area contributed by atoms with Crippen LogP contribution in [0, 0.1) is 5.92 Å². The molecule has 0 aliphatic carbocycles. The smallest absolute Gasteiger partial charge is 0.266 e. The third kappa shape index (κ3) is 10.4. The van der Waals surface area contributed by atoms with Gasteiger partial charge in [0.15, 0.2) is 5.58 Å². The van der Waals surface area contributed by atoms with Gasteiger partial charge in [0.2, 0.25) is 33.5 Å². The Hall–Kier alpha value is -3.89. The molecule has 53 heavy (non-hydrogen) atoms. The fourth-order valence-electron chi connectivity index (χ4n) is 7.33. The molecule has 0 unspecified atom stereocenters. The van der Waals surface area contributed by atoms with Gasteiger partial charge in [-0.15, -0.1) is 0 Å². The van der Waals surface area contributed by atoms with Crippen molar-refractivity contribution in [3.63, 3.8) is 0 Å². The molecule has 3 amide bonds. The van der Waals surface area contributed by atoms with Crippen LogP contribution in [0.5, 0.6) is 0 Å². The van der Waals surface area contributed by atoms with Gasteiger partial charge in [-0.05, 0) is 87.4 Å². The zero-order valence-electron chi connectivity index (χ0n) is 29.8. The second kappa shape index (κ2) is 17.5. The van der Waals surface area contributed by atoms with E-state index in [1.165, 1.54) is 4.90 Å². The average Bonchev–Trinajstić information content (AvgIpc) is 3.78. The molecular weight excluding hydrogens is 724 g/mol. The van der Waals surface area contributed by atoms with Crippen LogP contribution >= 0.6 is 11.6 Å². The molecule has 14 nitrogen and oxygen atoms in total. The van der Waals surface area contributed by atoms with Crippen molar-refractivity contribution in [1.29, 1.82) is 0 Å².